The number of carbonyl (C=O) groups excluding carboxylic acids is 1. The number of rotatable bonds is 11. The number of ketones is 1. The van der Waals surface area contributed by atoms with Crippen LogP contribution in [0.25, 0.3) is 0 Å². The fourth-order valence-corrected chi connectivity index (χ4v) is 4.07. The van der Waals surface area contributed by atoms with Crippen molar-refractivity contribution in [3.63, 3.8) is 0 Å². The third-order valence-corrected chi connectivity index (χ3v) is 6.35. The molecule has 166 valence electrons. The zero-order valence-electron chi connectivity index (χ0n) is 17.2. The molecule has 0 radical (unpaired) electrons. The van der Waals surface area contributed by atoms with Gasteiger partial charge in [0.25, 0.3) is 7.37 Å². The summed E-state index contributed by atoms with van der Waals surface area (Å²) < 4.78 is 17.9. The Balaban J connectivity index is 1.43. The van der Waals surface area contributed by atoms with Gasteiger partial charge in [0, 0.05) is 10.9 Å². The van der Waals surface area contributed by atoms with Crippen molar-refractivity contribution in [2.24, 2.45) is 5.18 Å². The quantitative estimate of drug-likeness (QED) is 0.174. The zero-order chi connectivity index (χ0) is 23.0. The van der Waals surface area contributed by atoms with Crippen LogP contribution in [-0.4, -0.2) is 35.2 Å². The number of hydrogen-bond acceptors (Lipinski definition) is 7. The van der Waals surface area contributed by atoms with Gasteiger partial charge in [-0.25, -0.2) is 0 Å². The number of benzene rings is 3. The Morgan fingerprint density at radius 2 is 1.75 bits per heavy atom. The summed E-state index contributed by atoms with van der Waals surface area (Å²) in [6, 6.07) is 19.5. The van der Waals surface area contributed by atoms with Crippen molar-refractivity contribution >= 4 is 24.1 Å². The normalized spacial score (nSPS) is 12.7. The van der Waals surface area contributed by atoms with Gasteiger partial charge in [-0.2, -0.15) is 0 Å². The Morgan fingerprint density at radius 1 is 1.03 bits per heavy atom. The summed E-state index contributed by atoms with van der Waals surface area (Å²) in [5.41, 5.74) is 1.13. The molecule has 3 N–H and O–H groups in total. The second-order valence-corrected chi connectivity index (χ2v) is 9.28. The molecule has 3 rings (SSSR count). The topological polar surface area (TPSA) is 125 Å². The van der Waals surface area contributed by atoms with Gasteiger partial charge in [-0.05, 0) is 66.2 Å². The lowest BCUT2D eigenvalue weighted by molar-refractivity contribution is 0.0991. The summed E-state index contributed by atoms with van der Waals surface area (Å²) in [5.74, 6) is 0.0123. The molecule has 3 aromatic rings. The van der Waals surface area contributed by atoms with Gasteiger partial charge in [-0.15, -0.1) is 4.91 Å². The van der Waals surface area contributed by atoms with Crippen LogP contribution < -0.4 is 15.4 Å². The van der Waals surface area contributed by atoms with E-state index in [-0.39, 0.29) is 30.1 Å². The van der Waals surface area contributed by atoms with E-state index in [0.717, 1.165) is 5.56 Å². The minimum atomic E-state index is -3.59. The van der Waals surface area contributed by atoms with Crippen LogP contribution in [0.3, 0.4) is 0 Å². The van der Waals surface area contributed by atoms with Crippen molar-refractivity contribution in [1.82, 2.24) is 5.32 Å². The van der Waals surface area contributed by atoms with Crippen molar-refractivity contribution in [3.05, 3.63) is 88.8 Å². The van der Waals surface area contributed by atoms with Crippen LogP contribution in [0.4, 0.5) is 5.69 Å². The molecule has 32 heavy (non-hydrogen) atoms. The van der Waals surface area contributed by atoms with Crippen molar-refractivity contribution in [3.8, 4) is 11.5 Å². The molecule has 0 fully saturated rings. The van der Waals surface area contributed by atoms with E-state index in [9.17, 15) is 24.3 Å². The van der Waals surface area contributed by atoms with E-state index in [1.54, 1.807) is 42.5 Å². The van der Waals surface area contributed by atoms with E-state index in [1.807, 2.05) is 12.1 Å². The van der Waals surface area contributed by atoms with Crippen LogP contribution in [0.15, 0.2) is 78.0 Å². The molecular weight excluding hydrogens is 431 g/mol. The minimum Gasteiger partial charge on any atom is -0.506 e. The molecule has 0 saturated carbocycles. The third-order valence-electron chi connectivity index (χ3n) is 4.76. The predicted molar refractivity (Wildman–Crippen MR) is 122 cm³/mol. The van der Waals surface area contributed by atoms with Gasteiger partial charge in [0.1, 0.15) is 17.2 Å². The van der Waals surface area contributed by atoms with Crippen molar-refractivity contribution in [2.75, 3.05) is 19.4 Å². The molecule has 1 unspecified atom stereocenters. The number of nitrogens with one attached hydrogen (secondary N) is 1. The number of ether oxygens (including phenoxy) is 1. The Morgan fingerprint density at radius 3 is 2.44 bits per heavy atom. The smallest absolute Gasteiger partial charge is 0.265 e. The van der Waals surface area contributed by atoms with E-state index in [4.69, 9.17) is 4.74 Å². The van der Waals surface area contributed by atoms with Gasteiger partial charge < -0.3 is 20.1 Å². The lowest BCUT2D eigenvalue weighted by Gasteiger charge is -2.13. The zero-order valence-corrected chi connectivity index (χ0v) is 18.1. The lowest BCUT2D eigenvalue weighted by atomic mass is 10.1. The van der Waals surface area contributed by atoms with E-state index < -0.39 is 7.37 Å². The highest BCUT2D eigenvalue weighted by molar-refractivity contribution is 7.65. The fraction of sp³-hybridized carbons (Fsp3) is 0.174. The summed E-state index contributed by atoms with van der Waals surface area (Å²) in [6.45, 7) is 0.623. The first-order valence-electron chi connectivity index (χ1n) is 9.88. The summed E-state index contributed by atoms with van der Waals surface area (Å²) in [6.07, 6.45) is 0.353. The highest BCUT2D eigenvalue weighted by atomic mass is 31.2. The summed E-state index contributed by atoms with van der Waals surface area (Å²) in [7, 11) is -3.59. The van der Waals surface area contributed by atoms with Crippen molar-refractivity contribution in [1.29, 1.82) is 0 Å². The fourth-order valence-electron chi connectivity index (χ4n) is 2.96. The second kappa shape index (κ2) is 10.8. The summed E-state index contributed by atoms with van der Waals surface area (Å²) in [4.78, 5) is 33.0. The predicted octanol–water partition coefficient (Wildman–Crippen LogP) is 3.74. The van der Waals surface area contributed by atoms with E-state index >= 15 is 0 Å². The average Bonchev–Trinajstić information content (AvgIpc) is 2.82. The van der Waals surface area contributed by atoms with Crippen molar-refractivity contribution < 1.29 is 24.1 Å². The molecular formula is C23H23N2O6P. The monoisotopic (exact) mass is 454 g/mol. The largest absolute Gasteiger partial charge is 0.506 e. The Labute approximate surface area is 185 Å². The third kappa shape index (κ3) is 6.34. The minimum absolute atomic E-state index is 0.0789. The van der Waals surface area contributed by atoms with Crippen LogP contribution >= 0.6 is 7.37 Å². The molecule has 0 aromatic heterocycles. The Hall–Kier alpha value is -3.32. The van der Waals surface area contributed by atoms with E-state index in [2.05, 4.69) is 10.5 Å². The van der Waals surface area contributed by atoms with Crippen LogP contribution in [-0.2, 0) is 11.0 Å². The number of Topliss-reactive ketones (excluding diaryl/α,β-unsaturated/α-hetero) is 1. The van der Waals surface area contributed by atoms with Crippen LogP contribution in [0.1, 0.15) is 15.9 Å². The lowest BCUT2D eigenvalue weighted by Crippen LogP contribution is -2.25. The number of carbonyl (C=O) groups is 1. The average molecular weight is 454 g/mol. The van der Waals surface area contributed by atoms with E-state index in [0.29, 0.717) is 29.6 Å². The summed E-state index contributed by atoms with van der Waals surface area (Å²) in [5, 5.41) is 15.5. The van der Waals surface area contributed by atoms with Crippen LogP contribution in [0.5, 0.6) is 11.5 Å². The first-order valence-corrected chi connectivity index (χ1v) is 11.7. The molecule has 0 amide bonds. The maximum Gasteiger partial charge on any atom is 0.265 e. The van der Waals surface area contributed by atoms with Gasteiger partial charge >= 0.3 is 0 Å². The molecule has 0 aliphatic carbocycles. The second-order valence-electron chi connectivity index (χ2n) is 7.10. The van der Waals surface area contributed by atoms with Crippen LogP contribution in [0.2, 0.25) is 0 Å². The number of nitrogens with zero attached hydrogens (tertiary/aromatic N) is 1. The Kier molecular flexibility index (Phi) is 7.89. The number of hydrogen-bond donors (Lipinski definition) is 3. The SMILES string of the molecule is O=Nc1cc(C(=O)CNCCc2ccc(OCP(=O)(O)c3ccccc3)cc2)ccc1O. The standard InChI is InChI=1S/C23H23N2O6P/c26-22-11-8-18(14-21(22)25-28)23(27)15-24-13-12-17-6-9-19(10-7-17)31-16-32(29,30)20-4-2-1-3-5-20/h1-11,14,24,26H,12-13,15-16H2,(H,29,30). The molecule has 0 saturated heterocycles. The molecule has 3 aromatic carbocycles. The molecule has 0 bridgehead atoms. The number of aromatic hydroxyl groups is 1. The van der Waals surface area contributed by atoms with Crippen molar-refractivity contribution in [2.45, 2.75) is 6.42 Å². The van der Waals surface area contributed by atoms with Gasteiger partial charge in [-0.3, -0.25) is 9.36 Å². The Bertz CT molecular complexity index is 1120. The molecule has 8 nitrogen and oxygen atoms in total. The maximum atomic E-state index is 12.4. The van der Waals surface area contributed by atoms with Gasteiger partial charge in [0.05, 0.1) is 6.54 Å². The van der Waals surface area contributed by atoms with Crippen LogP contribution in [0, 0.1) is 4.91 Å². The van der Waals surface area contributed by atoms with Gasteiger partial charge in [0.15, 0.2) is 12.1 Å². The molecule has 0 aliphatic rings. The molecule has 0 spiro atoms. The molecule has 0 heterocycles. The molecule has 0 aliphatic heterocycles. The number of phenolic OH excluding ortho intramolecular Hbond substituents is 1. The highest BCUT2D eigenvalue weighted by Gasteiger charge is 2.21. The highest BCUT2D eigenvalue weighted by Crippen LogP contribution is 2.39. The van der Waals surface area contributed by atoms with Gasteiger partial charge in [-0.1, -0.05) is 30.3 Å². The van der Waals surface area contributed by atoms with E-state index in [1.165, 1.54) is 18.2 Å². The first-order chi connectivity index (χ1) is 15.4. The summed E-state index contributed by atoms with van der Waals surface area (Å²) >= 11 is 0. The number of nitroso groups, excluding NO2 is 1. The maximum absolute atomic E-state index is 12.4. The molecule has 1 atom stereocenters. The van der Waals surface area contributed by atoms with Gasteiger partial charge in [0.2, 0.25) is 0 Å². The molecule has 9 heteroatoms. The number of phenols is 1. The first kappa shape index (κ1) is 23.3.